The van der Waals surface area contributed by atoms with Crippen molar-refractivity contribution < 1.29 is 17.6 Å². The molecule has 1 saturated heterocycles. The summed E-state index contributed by atoms with van der Waals surface area (Å²) in [7, 11) is 0. The number of likely N-dealkylation sites (tertiary alicyclic amines) is 1. The van der Waals surface area contributed by atoms with E-state index in [1.807, 2.05) is 0 Å². The largest absolute Gasteiger partial charge is 0.419 e. The van der Waals surface area contributed by atoms with E-state index in [-0.39, 0.29) is 0 Å². The van der Waals surface area contributed by atoms with Gasteiger partial charge in [0.1, 0.15) is 5.82 Å². The number of rotatable bonds is 5. The van der Waals surface area contributed by atoms with Gasteiger partial charge in [-0.15, -0.1) is 0 Å². The van der Waals surface area contributed by atoms with Crippen LogP contribution in [0.2, 0.25) is 0 Å². The molecule has 0 unspecified atom stereocenters. The lowest BCUT2D eigenvalue weighted by Crippen LogP contribution is -2.42. The van der Waals surface area contributed by atoms with Gasteiger partial charge in [0.05, 0.1) is 5.56 Å². The summed E-state index contributed by atoms with van der Waals surface area (Å²) in [5, 5.41) is 3.58. The van der Waals surface area contributed by atoms with Crippen LogP contribution in [-0.2, 0) is 12.7 Å². The smallest absolute Gasteiger partial charge is 0.314 e. The van der Waals surface area contributed by atoms with Crippen LogP contribution in [0.25, 0.3) is 0 Å². The van der Waals surface area contributed by atoms with Crippen LogP contribution in [0.4, 0.5) is 17.6 Å². The van der Waals surface area contributed by atoms with Crippen LogP contribution in [0, 0.1) is 11.7 Å². The SMILES string of the molecule is Fc1ccc(CN2CCC(NCC3CC3)CC2)cc1C(F)(F)F. The van der Waals surface area contributed by atoms with E-state index in [1.54, 1.807) is 0 Å². The van der Waals surface area contributed by atoms with E-state index in [2.05, 4.69) is 10.2 Å². The molecule has 1 aliphatic heterocycles. The molecule has 3 rings (SSSR count). The molecule has 1 saturated carbocycles. The summed E-state index contributed by atoms with van der Waals surface area (Å²) in [6.07, 6.45) is 0.0514. The molecular formula is C17H22F4N2. The Hall–Kier alpha value is -1.14. The van der Waals surface area contributed by atoms with Crippen molar-refractivity contribution in [3.8, 4) is 0 Å². The lowest BCUT2D eigenvalue weighted by molar-refractivity contribution is -0.140. The van der Waals surface area contributed by atoms with E-state index in [1.165, 1.54) is 18.9 Å². The molecular weight excluding hydrogens is 308 g/mol. The standard InChI is InChI=1S/C17H22F4N2/c18-16-4-3-13(9-15(16)17(19,20)21)11-23-7-5-14(6-8-23)22-10-12-1-2-12/h3-4,9,12,14,22H,1-2,5-8,10-11H2. The fourth-order valence-corrected chi connectivity index (χ4v) is 3.10. The highest BCUT2D eigenvalue weighted by Gasteiger charge is 2.34. The van der Waals surface area contributed by atoms with Crippen molar-refractivity contribution >= 4 is 0 Å². The molecule has 0 spiro atoms. The average molecular weight is 330 g/mol. The zero-order valence-electron chi connectivity index (χ0n) is 13.0. The molecule has 2 aliphatic rings. The molecule has 0 aromatic heterocycles. The van der Waals surface area contributed by atoms with Crippen LogP contribution in [0.15, 0.2) is 18.2 Å². The molecule has 1 aromatic rings. The number of piperidine rings is 1. The lowest BCUT2D eigenvalue weighted by atomic mass is 10.0. The van der Waals surface area contributed by atoms with Crippen LogP contribution in [0.5, 0.6) is 0 Å². The first-order chi connectivity index (χ1) is 10.9. The van der Waals surface area contributed by atoms with Gasteiger partial charge in [-0.2, -0.15) is 13.2 Å². The van der Waals surface area contributed by atoms with Gasteiger partial charge in [-0.25, -0.2) is 4.39 Å². The zero-order valence-corrected chi connectivity index (χ0v) is 13.0. The summed E-state index contributed by atoms with van der Waals surface area (Å²) in [5.74, 6) is -0.350. The minimum Gasteiger partial charge on any atom is -0.314 e. The summed E-state index contributed by atoms with van der Waals surface area (Å²) in [6.45, 7) is 3.26. The van der Waals surface area contributed by atoms with Gasteiger partial charge in [0, 0.05) is 12.6 Å². The van der Waals surface area contributed by atoms with E-state index in [0.717, 1.165) is 50.5 Å². The van der Waals surface area contributed by atoms with Crippen molar-refractivity contribution in [2.75, 3.05) is 19.6 Å². The molecule has 2 fully saturated rings. The van der Waals surface area contributed by atoms with E-state index in [4.69, 9.17) is 0 Å². The van der Waals surface area contributed by atoms with E-state index >= 15 is 0 Å². The minimum atomic E-state index is -4.64. The Bertz CT molecular complexity index is 532. The third kappa shape index (κ3) is 4.67. The van der Waals surface area contributed by atoms with Crippen molar-refractivity contribution in [3.63, 3.8) is 0 Å². The average Bonchev–Trinajstić information content (AvgIpc) is 3.32. The number of nitrogens with zero attached hydrogens (tertiary/aromatic N) is 1. The predicted octanol–water partition coefficient (Wildman–Crippen LogP) is 3.81. The first-order valence-electron chi connectivity index (χ1n) is 8.23. The molecule has 0 atom stereocenters. The highest BCUT2D eigenvalue weighted by atomic mass is 19.4. The topological polar surface area (TPSA) is 15.3 Å². The van der Waals surface area contributed by atoms with Crippen LogP contribution in [-0.4, -0.2) is 30.6 Å². The minimum absolute atomic E-state index is 0.443. The number of alkyl halides is 3. The predicted molar refractivity (Wildman–Crippen MR) is 80.4 cm³/mol. The van der Waals surface area contributed by atoms with E-state index < -0.39 is 17.6 Å². The van der Waals surface area contributed by atoms with Crippen molar-refractivity contribution in [3.05, 3.63) is 35.1 Å². The molecule has 23 heavy (non-hydrogen) atoms. The number of hydrogen-bond donors (Lipinski definition) is 1. The first-order valence-corrected chi connectivity index (χ1v) is 8.23. The van der Waals surface area contributed by atoms with Crippen molar-refractivity contribution in [2.45, 2.75) is 44.4 Å². The Morgan fingerprint density at radius 1 is 1.09 bits per heavy atom. The second kappa shape index (κ2) is 6.77. The molecule has 6 heteroatoms. The third-order valence-electron chi connectivity index (χ3n) is 4.72. The van der Waals surface area contributed by atoms with Gasteiger partial charge in [-0.05, 0) is 68.9 Å². The highest BCUT2D eigenvalue weighted by molar-refractivity contribution is 5.27. The van der Waals surface area contributed by atoms with Gasteiger partial charge < -0.3 is 5.32 Å². The number of hydrogen-bond acceptors (Lipinski definition) is 2. The molecule has 0 amide bonds. The normalized spacial score (nSPS) is 20.9. The van der Waals surface area contributed by atoms with Gasteiger partial charge in [0.2, 0.25) is 0 Å². The fourth-order valence-electron chi connectivity index (χ4n) is 3.10. The quantitative estimate of drug-likeness (QED) is 0.826. The Labute approximate surface area is 133 Å². The van der Waals surface area contributed by atoms with E-state index in [9.17, 15) is 17.6 Å². The Kier molecular flexibility index (Phi) is 4.92. The summed E-state index contributed by atoms with van der Waals surface area (Å²) in [6, 6.07) is 3.82. The zero-order chi connectivity index (χ0) is 16.4. The Morgan fingerprint density at radius 2 is 1.78 bits per heavy atom. The van der Waals surface area contributed by atoms with Crippen molar-refractivity contribution in [1.29, 1.82) is 0 Å². The molecule has 0 bridgehead atoms. The van der Waals surface area contributed by atoms with E-state index in [0.29, 0.717) is 18.2 Å². The summed E-state index contributed by atoms with van der Waals surface area (Å²) in [5.41, 5.74) is -0.654. The maximum Gasteiger partial charge on any atom is 0.419 e. The Morgan fingerprint density at radius 3 is 2.39 bits per heavy atom. The number of benzene rings is 1. The third-order valence-corrected chi connectivity index (χ3v) is 4.72. The molecule has 1 heterocycles. The maximum absolute atomic E-state index is 13.3. The van der Waals surface area contributed by atoms with Gasteiger partial charge in [-0.1, -0.05) is 6.07 Å². The first kappa shape index (κ1) is 16.7. The number of nitrogens with one attached hydrogen (secondary N) is 1. The molecule has 128 valence electrons. The van der Waals surface area contributed by atoms with Crippen LogP contribution < -0.4 is 5.32 Å². The second-order valence-electron chi connectivity index (χ2n) is 6.71. The van der Waals surface area contributed by atoms with Crippen molar-refractivity contribution in [2.24, 2.45) is 5.92 Å². The van der Waals surface area contributed by atoms with Gasteiger partial charge in [0.15, 0.2) is 0 Å². The molecule has 0 radical (unpaired) electrons. The number of halogens is 4. The maximum atomic E-state index is 13.3. The monoisotopic (exact) mass is 330 g/mol. The van der Waals surface area contributed by atoms with Crippen LogP contribution in [0.1, 0.15) is 36.8 Å². The summed E-state index contributed by atoms with van der Waals surface area (Å²) >= 11 is 0. The van der Waals surface area contributed by atoms with Crippen LogP contribution >= 0.6 is 0 Å². The van der Waals surface area contributed by atoms with Crippen molar-refractivity contribution in [1.82, 2.24) is 10.2 Å². The summed E-state index contributed by atoms with van der Waals surface area (Å²) < 4.78 is 51.6. The fraction of sp³-hybridized carbons (Fsp3) is 0.647. The highest BCUT2D eigenvalue weighted by Crippen LogP contribution is 2.32. The Balaban J connectivity index is 1.52. The second-order valence-corrected chi connectivity index (χ2v) is 6.71. The molecule has 1 aliphatic carbocycles. The molecule has 1 N–H and O–H groups in total. The molecule has 2 nitrogen and oxygen atoms in total. The molecule has 1 aromatic carbocycles. The van der Waals surface area contributed by atoms with Gasteiger partial charge in [-0.3, -0.25) is 4.90 Å². The lowest BCUT2D eigenvalue weighted by Gasteiger charge is -2.32. The van der Waals surface area contributed by atoms with Crippen LogP contribution in [0.3, 0.4) is 0 Å². The summed E-state index contributed by atoms with van der Waals surface area (Å²) in [4.78, 5) is 2.14. The van der Waals surface area contributed by atoms with Gasteiger partial charge >= 0.3 is 6.18 Å². The van der Waals surface area contributed by atoms with Gasteiger partial charge in [0.25, 0.3) is 0 Å².